The van der Waals surface area contributed by atoms with Crippen molar-refractivity contribution in [3.63, 3.8) is 0 Å². The largest absolute Gasteiger partial charge is 0.379 e. The van der Waals surface area contributed by atoms with Gasteiger partial charge in [-0.3, -0.25) is 9.69 Å². The van der Waals surface area contributed by atoms with Crippen LogP contribution in [0.5, 0.6) is 0 Å². The summed E-state index contributed by atoms with van der Waals surface area (Å²) in [5, 5.41) is 3.47. The number of thioether (sulfide) groups is 1. The number of rotatable bonds is 5. The Kier molecular flexibility index (Phi) is 5.62. The van der Waals surface area contributed by atoms with Gasteiger partial charge in [0, 0.05) is 32.9 Å². The smallest absolute Gasteiger partial charge is 0.234 e. The fourth-order valence-electron chi connectivity index (χ4n) is 1.92. The molecule has 1 aromatic rings. The summed E-state index contributed by atoms with van der Waals surface area (Å²) < 4.78 is 5.32. The first-order valence-corrected chi connectivity index (χ1v) is 7.27. The van der Waals surface area contributed by atoms with E-state index in [1.165, 1.54) is 11.8 Å². The summed E-state index contributed by atoms with van der Waals surface area (Å²) >= 11 is 1.51. The second-order valence-corrected chi connectivity index (χ2v) is 5.52. The number of ether oxygens (including phenoxy) is 1. The molecule has 6 heteroatoms. The molecule has 1 aromatic heterocycles. The van der Waals surface area contributed by atoms with E-state index in [9.17, 15) is 4.79 Å². The monoisotopic (exact) mass is 281 g/mol. The maximum atomic E-state index is 12.0. The predicted molar refractivity (Wildman–Crippen MR) is 75.2 cm³/mol. The maximum Gasteiger partial charge on any atom is 0.234 e. The summed E-state index contributed by atoms with van der Waals surface area (Å²) in [7, 11) is 1.67. The van der Waals surface area contributed by atoms with E-state index in [0.717, 1.165) is 37.9 Å². The third-order valence-corrected chi connectivity index (χ3v) is 4.10. The van der Waals surface area contributed by atoms with Crippen LogP contribution in [0.25, 0.3) is 0 Å². The minimum atomic E-state index is -0.141. The standard InChI is InChI=1S/C13H19N3O2S/c1-14-13(17)11(10-16-6-8-18-9-7-16)19-12-4-2-3-5-15-12/h2-5,11H,6-10H2,1H3,(H,14,17). The molecular weight excluding hydrogens is 262 g/mol. The van der Waals surface area contributed by atoms with Crippen LogP contribution in [0, 0.1) is 0 Å². The van der Waals surface area contributed by atoms with Gasteiger partial charge in [-0.1, -0.05) is 17.8 Å². The molecule has 0 spiro atoms. The van der Waals surface area contributed by atoms with E-state index in [-0.39, 0.29) is 11.2 Å². The van der Waals surface area contributed by atoms with Gasteiger partial charge in [0.05, 0.1) is 18.2 Å². The van der Waals surface area contributed by atoms with Crippen LogP contribution >= 0.6 is 11.8 Å². The van der Waals surface area contributed by atoms with E-state index in [2.05, 4.69) is 15.2 Å². The van der Waals surface area contributed by atoms with Crippen LogP contribution in [0.4, 0.5) is 0 Å². The molecule has 5 nitrogen and oxygen atoms in total. The highest BCUT2D eigenvalue weighted by atomic mass is 32.2. The van der Waals surface area contributed by atoms with Crippen LogP contribution in [-0.2, 0) is 9.53 Å². The lowest BCUT2D eigenvalue weighted by Crippen LogP contribution is -2.44. The molecule has 19 heavy (non-hydrogen) atoms. The van der Waals surface area contributed by atoms with Gasteiger partial charge in [0.25, 0.3) is 0 Å². The molecular formula is C13H19N3O2S. The van der Waals surface area contributed by atoms with Crippen LogP contribution in [0.3, 0.4) is 0 Å². The van der Waals surface area contributed by atoms with Gasteiger partial charge in [0.1, 0.15) is 5.25 Å². The van der Waals surface area contributed by atoms with Crippen molar-refractivity contribution in [1.29, 1.82) is 0 Å². The lowest BCUT2D eigenvalue weighted by atomic mass is 10.3. The van der Waals surface area contributed by atoms with Crippen LogP contribution < -0.4 is 5.32 Å². The van der Waals surface area contributed by atoms with E-state index in [1.807, 2.05) is 18.2 Å². The SMILES string of the molecule is CNC(=O)C(CN1CCOCC1)Sc1ccccn1. The molecule has 0 radical (unpaired) electrons. The minimum absolute atomic E-state index is 0.0437. The minimum Gasteiger partial charge on any atom is -0.379 e. The first-order chi connectivity index (χ1) is 9.29. The Labute approximate surface area is 117 Å². The number of nitrogens with zero attached hydrogens (tertiary/aromatic N) is 2. The summed E-state index contributed by atoms with van der Waals surface area (Å²) in [5.74, 6) is 0.0437. The number of carbonyl (C=O) groups is 1. The third-order valence-electron chi connectivity index (χ3n) is 2.97. The van der Waals surface area contributed by atoms with Crippen molar-refractivity contribution in [3.05, 3.63) is 24.4 Å². The summed E-state index contributed by atoms with van der Waals surface area (Å²) in [6.07, 6.45) is 1.75. The molecule has 1 fully saturated rings. The normalized spacial score (nSPS) is 17.9. The number of hydrogen-bond acceptors (Lipinski definition) is 5. The van der Waals surface area contributed by atoms with E-state index in [0.29, 0.717) is 0 Å². The number of aromatic nitrogens is 1. The Morgan fingerprint density at radius 1 is 1.53 bits per heavy atom. The fourth-order valence-corrected chi connectivity index (χ4v) is 3.00. The van der Waals surface area contributed by atoms with Gasteiger partial charge in [-0.2, -0.15) is 0 Å². The van der Waals surface area contributed by atoms with E-state index >= 15 is 0 Å². The van der Waals surface area contributed by atoms with Gasteiger partial charge < -0.3 is 10.1 Å². The number of nitrogens with one attached hydrogen (secondary N) is 1. The molecule has 104 valence electrons. The molecule has 2 rings (SSSR count). The third kappa shape index (κ3) is 4.49. The average Bonchev–Trinajstić information content (AvgIpc) is 2.48. The Hall–Kier alpha value is -1.11. The lowest BCUT2D eigenvalue weighted by Gasteiger charge is -2.29. The molecule has 1 amide bonds. The molecule has 1 atom stereocenters. The van der Waals surface area contributed by atoms with Crippen molar-refractivity contribution in [2.45, 2.75) is 10.3 Å². The van der Waals surface area contributed by atoms with Gasteiger partial charge in [-0.25, -0.2) is 4.98 Å². The van der Waals surface area contributed by atoms with Crippen molar-refractivity contribution in [1.82, 2.24) is 15.2 Å². The summed E-state index contributed by atoms with van der Waals surface area (Å²) in [6.45, 7) is 3.99. The zero-order valence-electron chi connectivity index (χ0n) is 11.0. The lowest BCUT2D eigenvalue weighted by molar-refractivity contribution is -0.120. The van der Waals surface area contributed by atoms with E-state index in [4.69, 9.17) is 4.74 Å². The number of morpholine rings is 1. The first-order valence-electron chi connectivity index (χ1n) is 6.39. The van der Waals surface area contributed by atoms with Crippen LogP contribution in [0.1, 0.15) is 0 Å². The zero-order valence-corrected chi connectivity index (χ0v) is 11.9. The maximum absolute atomic E-state index is 12.0. The van der Waals surface area contributed by atoms with Crippen LogP contribution in [0.2, 0.25) is 0 Å². The molecule has 1 unspecified atom stereocenters. The Morgan fingerprint density at radius 2 is 2.32 bits per heavy atom. The van der Waals surface area contributed by atoms with E-state index < -0.39 is 0 Å². The molecule has 2 heterocycles. The average molecular weight is 281 g/mol. The molecule has 0 saturated carbocycles. The Bertz CT molecular complexity index is 396. The first kappa shape index (κ1) is 14.3. The van der Waals surface area contributed by atoms with Crippen molar-refractivity contribution in [2.24, 2.45) is 0 Å². The van der Waals surface area contributed by atoms with Crippen molar-refractivity contribution >= 4 is 17.7 Å². The van der Waals surface area contributed by atoms with Crippen LogP contribution in [0.15, 0.2) is 29.4 Å². The second-order valence-electron chi connectivity index (χ2n) is 4.30. The molecule has 0 aliphatic carbocycles. The quantitative estimate of drug-likeness (QED) is 0.802. The van der Waals surface area contributed by atoms with Crippen molar-refractivity contribution in [3.8, 4) is 0 Å². The van der Waals surface area contributed by atoms with Gasteiger partial charge >= 0.3 is 0 Å². The highest BCUT2D eigenvalue weighted by Crippen LogP contribution is 2.22. The topological polar surface area (TPSA) is 54.5 Å². The zero-order chi connectivity index (χ0) is 13.5. The van der Waals surface area contributed by atoms with Gasteiger partial charge in [0.2, 0.25) is 5.91 Å². The van der Waals surface area contributed by atoms with Gasteiger partial charge in [0.15, 0.2) is 0 Å². The summed E-state index contributed by atoms with van der Waals surface area (Å²) in [4.78, 5) is 18.5. The molecule has 0 bridgehead atoms. The van der Waals surface area contributed by atoms with E-state index in [1.54, 1.807) is 13.2 Å². The molecule has 1 saturated heterocycles. The second kappa shape index (κ2) is 7.47. The predicted octanol–water partition coefficient (Wildman–Crippen LogP) is 0.620. The number of amides is 1. The number of hydrogen-bond donors (Lipinski definition) is 1. The Morgan fingerprint density at radius 3 is 2.95 bits per heavy atom. The fraction of sp³-hybridized carbons (Fsp3) is 0.538. The molecule has 0 aromatic carbocycles. The number of carbonyl (C=O) groups excluding carboxylic acids is 1. The summed E-state index contributed by atoms with van der Waals surface area (Å²) in [5.41, 5.74) is 0. The van der Waals surface area contributed by atoms with Crippen molar-refractivity contribution < 1.29 is 9.53 Å². The van der Waals surface area contributed by atoms with Crippen LogP contribution in [-0.4, -0.2) is 60.9 Å². The van der Waals surface area contributed by atoms with Gasteiger partial charge in [-0.05, 0) is 12.1 Å². The van der Waals surface area contributed by atoms with Gasteiger partial charge in [-0.15, -0.1) is 0 Å². The highest BCUT2D eigenvalue weighted by molar-refractivity contribution is 8.00. The molecule has 1 aliphatic heterocycles. The highest BCUT2D eigenvalue weighted by Gasteiger charge is 2.23. The molecule has 1 N–H and O–H groups in total. The molecule has 1 aliphatic rings. The Balaban J connectivity index is 1.97. The number of pyridine rings is 1. The summed E-state index contributed by atoms with van der Waals surface area (Å²) in [6, 6.07) is 5.74. The van der Waals surface area contributed by atoms with Crippen molar-refractivity contribution in [2.75, 3.05) is 39.9 Å².